The van der Waals surface area contributed by atoms with Gasteiger partial charge in [0.1, 0.15) is 5.69 Å². The SMILES string of the molecule is COc1c(-c2ccccc2)cc(N)c(N)c1OC. The monoisotopic (exact) mass is 244 g/mol. The van der Waals surface area contributed by atoms with Crippen LogP contribution in [-0.2, 0) is 0 Å². The Morgan fingerprint density at radius 2 is 1.50 bits per heavy atom. The number of rotatable bonds is 3. The molecule has 0 aromatic heterocycles. The Kier molecular flexibility index (Phi) is 3.28. The maximum Gasteiger partial charge on any atom is 0.186 e. The Hall–Kier alpha value is -2.36. The Morgan fingerprint density at radius 3 is 2.06 bits per heavy atom. The smallest absolute Gasteiger partial charge is 0.186 e. The summed E-state index contributed by atoms with van der Waals surface area (Å²) in [5.41, 5.74) is 14.5. The molecular formula is C14H16N2O2. The molecule has 2 aromatic carbocycles. The first-order chi connectivity index (χ1) is 8.69. The maximum atomic E-state index is 5.90. The van der Waals surface area contributed by atoms with Crippen LogP contribution >= 0.6 is 0 Å². The first-order valence-corrected chi connectivity index (χ1v) is 5.54. The molecule has 4 N–H and O–H groups in total. The molecule has 94 valence electrons. The van der Waals surface area contributed by atoms with E-state index < -0.39 is 0 Å². The van der Waals surface area contributed by atoms with Crippen molar-refractivity contribution in [2.75, 3.05) is 25.7 Å². The van der Waals surface area contributed by atoms with Crippen molar-refractivity contribution in [3.8, 4) is 22.6 Å². The minimum Gasteiger partial charge on any atom is -0.492 e. The van der Waals surface area contributed by atoms with E-state index in [1.807, 2.05) is 30.3 Å². The van der Waals surface area contributed by atoms with Crippen LogP contribution in [0.5, 0.6) is 11.5 Å². The second-order valence-electron chi connectivity index (χ2n) is 3.86. The number of hydrogen-bond donors (Lipinski definition) is 2. The highest BCUT2D eigenvalue weighted by Gasteiger charge is 2.17. The fourth-order valence-corrected chi connectivity index (χ4v) is 1.91. The summed E-state index contributed by atoms with van der Waals surface area (Å²) in [4.78, 5) is 0. The van der Waals surface area contributed by atoms with Crippen molar-refractivity contribution in [3.05, 3.63) is 36.4 Å². The van der Waals surface area contributed by atoms with Gasteiger partial charge in [-0.05, 0) is 11.6 Å². The second kappa shape index (κ2) is 4.87. The van der Waals surface area contributed by atoms with Crippen LogP contribution in [0, 0.1) is 0 Å². The zero-order valence-electron chi connectivity index (χ0n) is 10.4. The van der Waals surface area contributed by atoms with Gasteiger partial charge in [-0.2, -0.15) is 0 Å². The van der Waals surface area contributed by atoms with Crippen LogP contribution in [0.25, 0.3) is 11.1 Å². The summed E-state index contributed by atoms with van der Waals surface area (Å²) in [6.07, 6.45) is 0. The van der Waals surface area contributed by atoms with Gasteiger partial charge in [-0.25, -0.2) is 0 Å². The summed E-state index contributed by atoms with van der Waals surface area (Å²) in [7, 11) is 3.13. The zero-order chi connectivity index (χ0) is 13.1. The third-order valence-corrected chi connectivity index (χ3v) is 2.80. The molecule has 0 aliphatic heterocycles. The normalized spacial score (nSPS) is 10.1. The Morgan fingerprint density at radius 1 is 0.889 bits per heavy atom. The third kappa shape index (κ3) is 1.93. The van der Waals surface area contributed by atoms with E-state index in [4.69, 9.17) is 20.9 Å². The minimum absolute atomic E-state index is 0.397. The molecule has 0 radical (unpaired) electrons. The van der Waals surface area contributed by atoms with Crippen LogP contribution in [0.4, 0.5) is 11.4 Å². The lowest BCUT2D eigenvalue weighted by Crippen LogP contribution is -2.02. The summed E-state index contributed by atoms with van der Waals surface area (Å²) in [6, 6.07) is 11.6. The Balaban J connectivity index is 2.71. The number of nitrogens with two attached hydrogens (primary N) is 2. The fourth-order valence-electron chi connectivity index (χ4n) is 1.91. The van der Waals surface area contributed by atoms with E-state index in [0.717, 1.165) is 11.1 Å². The standard InChI is InChI=1S/C14H16N2O2/c1-17-13-10(9-6-4-3-5-7-9)8-11(15)12(16)14(13)18-2/h3-8H,15-16H2,1-2H3. The molecule has 0 saturated carbocycles. The average Bonchev–Trinajstić information content (AvgIpc) is 2.42. The zero-order valence-corrected chi connectivity index (χ0v) is 10.4. The molecule has 0 spiro atoms. The third-order valence-electron chi connectivity index (χ3n) is 2.80. The number of benzene rings is 2. The van der Waals surface area contributed by atoms with Crippen molar-refractivity contribution < 1.29 is 9.47 Å². The predicted molar refractivity (Wildman–Crippen MR) is 73.8 cm³/mol. The van der Waals surface area contributed by atoms with E-state index in [1.54, 1.807) is 20.3 Å². The molecule has 0 saturated heterocycles. The largest absolute Gasteiger partial charge is 0.492 e. The summed E-state index contributed by atoms with van der Waals surface area (Å²) < 4.78 is 10.7. The van der Waals surface area contributed by atoms with E-state index in [1.165, 1.54) is 0 Å². The van der Waals surface area contributed by atoms with Gasteiger partial charge in [-0.1, -0.05) is 30.3 Å². The molecule has 0 heterocycles. The molecule has 0 bridgehead atoms. The molecule has 2 rings (SSSR count). The van der Waals surface area contributed by atoms with Crippen molar-refractivity contribution >= 4 is 11.4 Å². The topological polar surface area (TPSA) is 70.5 Å². The van der Waals surface area contributed by atoms with Crippen LogP contribution in [0.2, 0.25) is 0 Å². The fraction of sp³-hybridized carbons (Fsp3) is 0.143. The van der Waals surface area contributed by atoms with Gasteiger partial charge in [0, 0.05) is 5.56 Å². The van der Waals surface area contributed by atoms with E-state index in [2.05, 4.69) is 0 Å². The van der Waals surface area contributed by atoms with Crippen molar-refractivity contribution in [2.45, 2.75) is 0 Å². The van der Waals surface area contributed by atoms with Gasteiger partial charge >= 0.3 is 0 Å². The Labute approximate surface area is 106 Å². The van der Waals surface area contributed by atoms with Gasteiger partial charge in [0.05, 0.1) is 19.9 Å². The highest BCUT2D eigenvalue weighted by molar-refractivity contribution is 5.86. The lowest BCUT2D eigenvalue weighted by atomic mass is 10.0. The quantitative estimate of drug-likeness (QED) is 0.814. The van der Waals surface area contributed by atoms with Crippen molar-refractivity contribution in [1.29, 1.82) is 0 Å². The maximum absolute atomic E-state index is 5.90. The van der Waals surface area contributed by atoms with Crippen LogP contribution < -0.4 is 20.9 Å². The van der Waals surface area contributed by atoms with E-state index >= 15 is 0 Å². The molecule has 18 heavy (non-hydrogen) atoms. The van der Waals surface area contributed by atoms with E-state index in [-0.39, 0.29) is 0 Å². The molecule has 4 nitrogen and oxygen atoms in total. The van der Waals surface area contributed by atoms with Gasteiger partial charge in [0.15, 0.2) is 11.5 Å². The first kappa shape index (κ1) is 12.1. The van der Waals surface area contributed by atoms with Crippen LogP contribution in [0.15, 0.2) is 36.4 Å². The van der Waals surface area contributed by atoms with Crippen molar-refractivity contribution in [2.24, 2.45) is 0 Å². The highest BCUT2D eigenvalue weighted by Crippen LogP contribution is 2.44. The summed E-state index contributed by atoms with van der Waals surface area (Å²) in [6.45, 7) is 0. The predicted octanol–water partition coefficient (Wildman–Crippen LogP) is 2.54. The first-order valence-electron chi connectivity index (χ1n) is 5.54. The molecule has 2 aromatic rings. The number of nitrogen functional groups attached to an aromatic ring is 2. The van der Waals surface area contributed by atoms with Crippen molar-refractivity contribution in [1.82, 2.24) is 0 Å². The van der Waals surface area contributed by atoms with Crippen LogP contribution in [0.3, 0.4) is 0 Å². The summed E-state index contributed by atoms with van der Waals surface area (Å²) in [5.74, 6) is 1.06. The van der Waals surface area contributed by atoms with Gasteiger partial charge < -0.3 is 20.9 Å². The Bertz CT molecular complexity index is 553. The van der Waals surface area contributed by atoms with Gasteiger partial charge in [0.2, 0.25) is 0 Å². The number of hydrogen-bond acceptors (Lipinski definition) is 4. The lowest BCUT2D eigenvalue weighted by molar-refractivity contribution is 0.358. The average molecular weight is 244 g/mol. The summed E-state index contributed by atoms with van der Waals surface area (Å²) >= 11 is 0. The molecule has 0 fully saturated rings. The second-order valence-corrected chi connectivity index (χ2v) is 3.86. The molecule has 0 unspecified atom stereocenters. The number of ether oxygens (including phenoxy) is 2. The van der Waals surface area contributed by atoms with Crippen LogP contribution in [-0.4, -0.2) is 14.2 Å². The van der Waals surface area contributed by atoms with E-state index in [0.29, 0.717) is 22.9 Å². The molecule has 0 atom stereocenters. The van der Waals surface area contributed by atoms with Gasteiger partial charge in [0.25, 0.3) is 0 Å². The number of anilines is 2. The molecular weight excluding hydrogens is 228 g/mol. The molecule has 0 aliphatic rings. The lowest BCUT2D eigenvalue weighted by Gasteiger charge is -2.16. The summed E-state index contributed by atoms with van der Waals surface area (Å²) in [5, 5.41) is 0. The molecule has 4 heteroatoms. The van der Waals surface area contributed by atoms with Crippen LogP contribution in [0.1, 0.15) is 0 Å². The minimum atomic E-state index is 0.397. The number of methoxy groups -OCH3 is 2. The molecule has 0 aliphatic carbocycles. The highest BCUT2D eigenvalue weighted by atomic mass is 16.5. The van der Waals surface area contributed by atoms with Crippen molar-refractivity contribution in [3.63, 3.8) is 0 Å². The molecule has 0 amide bonds. The van der Waals surface area contributed by atoms with Gasteiger partial charge in [-0.15, -0.1) is 0 Å². The van der Waals surface area contributed by atoms with Gasteiger partial charge in [-0.3, -0.25) is 0 Å². The van der Waals surface area contributed by atoms with E-state index in [9.17, 15) is 0 Å².